The molecule has 0 atom stereocenters. The van der Waals surface area contributed by atoms with Crippen molar-refractivity contribution in [1.29, 1.82) is 0 Å². The number of carbonyl (C=O) groups excluding carboxylic acids is 1. The van der Waals surface area contributed by atoms with Gasteiger partial charge in [0.05, 0.1) is 23.8 Å². The molecule has 8 heteroatoms. The van der Waals surface area contributed by atoms with Gasteiger partial charge in [0.2, 0.25) is 0 Å². The third kappa shape index (κ3) is 4.34. The molecule has 2 aromatic heterocycles. The van der Waals surface area contributed by atoms with Crippen LogP contribution in [0.1, 0.15) is 29.3 Å². The molecule has 0 aliphatic heterocycles. The number of ether oxygens (including phenoxy) is 1. The Morgan fingerprint density at radius 3 is 2.81 bits per heavy atom. The Kier molecular flexibility index (Phi) is 6.08. The first-order valence-corrected chi connectivity index (χ1v) is 10.2. The van der Waals surface area contributed by atoms with Crippen molar-refractivity contribution < 1.29 is 13.9 Å². The number of hydrogen-bond acceptors (Lipinski definition) is 4. The Bertz CT molecular complexity index is 1300. The predicted molar refractivity (Wildman–Crippen MR) is 116 cm³/mol. The maximum atomic E-state index is 13.7. The highest BCUT2D eigenvalue weighted by Gasteiger charge is 2.15. The molecular weight excluding hydrogens is 399 g/mol. The molecule has 0 saturated carbocycles. The van der Waals surface area contributed by atoms with E-state index < -0.39 is 0 Å². The summed E-state index contributed by atoms with van der Waals surface area (Å²) in [5, 5.41) is 7.12. The second-order valence-corrected chi connectivity index (χ2v) is 7.16. The summed E-state index contributed by atoms with van der Waals surface area (Å²) in [7, 11) is 0. The van der Waals surface area contributed by atoms with Crippen LogP contribution in [0.3, 0.4) is 0 Å². The zero-order valence-corrected chi connectivity index (χ0v) is 17.2. The first kappa shape index (κ1) is 20.7. The quantitative estimate of drug-likeness (QED) is 0.443. The van der Waals surface area contributed by atoms with Gasteiger partial charge in [0.25, 0.3) is 11.5 Å². The number of halogens is 1. The van der Waals surface area contributed by atoms with Gasteiger partial charge < -0.3 is 14.6 Å². The highest BCUT2D eigenvalue weighted by Crippen LogP contribution is 2.18. The Balaban J connectivity index is 1.73. The van der Waals surface area contributed by atoms with Gasteiger partial charge in [-0.25, -0.2) is 8.91 Å². The number of benzene rings is 2. The molecule has 0 aliphatic carbocycles. The summed E-state index contributed by atoms with van der Waals surface area (Å²) in [6.07, 6.45) is 2.27. The van der Waals surface area contributed by atoms with Gasteiger partial charge in [0, 0.05) is 25.3 Å². The standard InChI is InChI=1S/C23H23FN4O3/c1-2-31-12-4-10-25-22(29)17-7-8-19-21(14-17)27(15-16-5-3-6-18(24)13-16)23(30)20-9-11-26-28(19)20/h3,5-9,11,13-14H,2,4,10,12,15H2,1H3,(H,25,29). The molecule has 7 nitrogen and oxygen atoms in total. The number of hydrogen-bond donors (Lipinski definition) is 1. The molecule has 2 heterocycles. The summed E-state index contributed by atoms with van der Waals surface area (Å²) in [4.78, 5) is 25.8. The fraction of sp³-hybridized carbons (Fsp3) is 0.261. The zero-order chi connectivity index (χ0) is 21.8. The molecule has 2 aromatic carbocycles. The van der Waals surface area contributed by atoms with Crippen LogP contribution >= 0.6 is 0 Å². The lowest BCUT2D eigenvalue weighted by molar-refractivity contribution is 0.0944. The van der Waals surface area contributed by atoms with E-state index in [0.717, 1.165) is 0 Å². The Morgan fingerprint density at radius 1 is 1.13 bits per heavy atom. The molecule has 0 bridgehead atoms. The average molecular weight is 422 g/mol. The van der Waals surface area contributed by atoms with Gasteiger partial charge >= 0.3 is 0 Å². The Labute approximate surface area is 178 Å². The van der Waals surface area contributed by atoms with E-state index in [1.165, 1.54) is 12.1 Å². The molecule has 0 unspecified atom stereocenters. The highest BCUT2D eigenvalue weighted by molar-refractivity contribution is 5.97. The molecule has 0 aliphatic rings. The maximum Gasteiger partial charge on any atom is 0.277 e. The van der Waals surface area contributed by atoms with Gasteiger partial charge in [-0.15, -0.1) is 0 Å². The molecule has 0 spiro atoms. The Morgan fingerprint density at radius 2 is 2.00 bits per heavy atom. The average Bonchev–Trinajstić information content (AvgIpc) is 3.26. The molecule has 4 rings (SSSR count). The molecule has 1 N–H and O–H groups in total. The van der Waals surface area contributed by atoms with E-state index in [4.69, 9.17) is 4.74 Å². The van der Waals surface area contributed by atoms with Crippen molar-refractivity contribution in [2.75, 3.05) is 19.8 Å². The second kappa shape index (κ2) is 9.09. The predicted octanol–water partition coefficient (Wildman–Crippen LogP) is 2.99. The molecule has 1 amide bonds. The molecular formula is C23H23FN4O3. The first-order chi connectivity index (χ1) is 15.1. The lowest BCUT2D eigenvalue weighted by Gasteiger charge is -2.14. The maximum absolute atomic E-state index is 13.7. The van der Waals surface area contributed by atoms with Crippen LogP contribution in [0.25, 0.3) is 16.6 Å². The van der Waals surface area contributed by atoms with E-state index in [2.05, 4.69) is 10.4 Å². The lowest BCUT2D eigenvalue weighted by atomic mass is 10.1. The fourth-order valence-corrected chi connectivity index (χ4v) is 3.56. The fourth-order valence-electron chi connectivity index (χ4n) is 3.56. The minimum Gasteiger partial charge on any atom is -0.382 e. The molecule has 4 aromatic rings. The van der Waals surface area contributed by atoms with Crippen LogP contribution in [0.2, 0.25) is 0 Å². The molecule has 31 heavy (non-hydrogen) atoms. The normalized spacial score (nSPS) is 11.3. The van der Waals surface area contributed by atoms with Crippen LogP contribution < -0.4 is 10.9 Å². The molecule has 0 fully saturated rings. The molecule has 0 radical (unpaired) electrons. The van der Waals surface area contributed by atoms with Crippen LogP contribution in [-0.2, 0) is 11.3 Å². The van der Waals surface area contributed by atoms with E-state index in [1.807, 2.05) is 6.92 Å². The van der Waals surface area contributed by atoms with Crippen molar-refractivity contribution in [2.45, 2.75) is 19.9 Å². The summed E-state index contributed by atoms with van der Waals surface area (Å²) >= 11 is 0. The van der Waals surface area contributed by atoms with Crippen molar-refractivity contribution >= 4 is 22.5 Å². The summed E-state index contributed by atoms with van der Waals surface area (Å²) in [5.41, 5.74) is 2.47. The van der Waals surface area contributed by atoms with Gasteiger partial charge in [0.15, 0.2) is 0 Å². The van der Waals surface area contributed by atoms with Crippen molar-refractivity contribution in [3.63, 3.8) is 0 Å². The number of fused-ring (bicyclic) bond motifs is 3. The van der Waals surface area contributed by atoms with Crippen molar-refractivity contribution in [1.82, 2.24) is 19.5 Å². The highest BCUT2D eigenvalue weighted by atomic mass is 19.1. The van der Waals surface area contributed by atoms with Gasteiger partial charge in [-0.3, -0.25) is 9.59 Å². The molecule has 160 valence electrons. The van der Waals surface area contributed by atoms with E-state index in [9.17, 15) is 14.0 Å². The van der Waals surface area contributed by atoms with Crippen LogP contribution in [-0.4, -0.2) is 39.8 Å². The van der Waals surface area contributed by atoms with Gasteiger partial charge in [-0.05, 0) is 55.3 Å². The van der Waals surface area contributed by atoms with Gasteiger partial charge in [-0.2, -0.15) is 5.10 Å². The number of carbonyl (C=O) groups is 1. The van der Waals surface area contributed by atoms with E-state index >= 15 is 0 Å². The van der Waals surface area contributed by atoms with Crippen molar-refractivity contribution in [2.24, 2.45) is 0 Å². The lowest BCUT2D eigenvalue weighted by Crippen LogP contribution is -2.26. The van der Waals surface area contributed by atoms with Crippen LogP contribution in [0.15, 0.2) is 59.5 Å². The summed E-state index contributed by atoms with van der Waals surface area (Å²) in [6, 6.07) is 12.9. The van der Waals surface area contributed by atoms with Crippen molar-refractivity contribution in [3.8, 4) is 0 Å². The number of amides is 1. The molecule has 0 saturated heterocycles. The monoisotopic (exact) mass is 422 g/mol. The second-order valence-electron chi connectivity index (χ2n) is 7.16. The number of nitrogens with zero attached hydrogens (tertiary/aromatic N) is 3. The van der Waals surface area contributed by atoms with Gasteiger partial charge in [-0.1, -0.05) is 12.1 Å². The van der Waals surface area contributed by atoms with Crippen molar-refractivity contribution in [3.05, 3.63) is 82.0 Å². The largest absolute Gasteiger partial charge is 0.382 e. The van der Waals surface area contributed by atoms with E-state index in [-0.39, 0.29) is 23.8 Å². The number of nitrogens with one attached hydrogen (secondary N) is 1. The topological polar surface area (TPSA) is 77.6 Å². The van der Waals surface area contributed by atoms with E-state index in [0.29, 0.717) is 53.9 Å². The minimum absolute atomic E-state index is 0.175. The summed E-state index contributed by atoms with van der Waals surface area (Å²) in [6.45, 7) is 3.81. The SMILES string of the molecule is CCOCCCNC(=O)c1ccc2c(c1)n(Cc1cccc(F)c1)c(=O)c1ccnn12. The summed E-state index contributed by atoms with van der Waals surface area (Å²) in [5.74, 6) is -0.601. The summed E-state index contributed by atoms with van der Waals surface area (Å²) < 4.78 is 22.1. The van der Waals surface area contributed by atoms with Gasteiger partial charge in [0.1, 0.15) is 11.3 Å². The zero-order valence-electron chi connectivity index (χ0n) is 17.2. The number of rotatable bonds is 8. The minimum atomic E-state index is -0.368. The smallest absolute Gasteiger partial charge is 0.277 e. The first-order valence-electron chi connectivity index (χ1n) is 10.2. The Hall–Kier alpha value is -3.52. The van der Waals surface area contributed by atoms with Crippen LogP contribution in [0, 0.1) is 5.82 Å². The third-order valence-electron chi connectivity index (χ3n) is 5.05. The van der Waals surface area contributed by atoms with Crippen LogP contribution in [0.4, 0.5) is 4.39 Å². The van der Waals surface area contributed by atoms with Crippen LogP contribution in [0.5, 0.6) is 0 Å². The third-order valence-corrected chi connectivity index (χ3v) is 5.05. The number of aromatic nitrogens is 3. The van der Waals surface area contributed by atoms with E-state index in [1.54, 1.807) is 51.7 Å².